The van der Waals surface area contributed by atoms with E-state index in [0.29, 0.717) is 12.6 Å². The predicted octanol–water partition coefficient (Wildman–Crippen LogP) is 1.80. The summed E-state index contributed by atoms with van der Waals surface area (Å²) in [5.41, 5.74) is 1.31. The van der Waals surface area contributed by atoms with E-state index in [0.717, 1.165) is 49.3 Å². The van der Waals surface area contributed by atoms with Gasteiger partial charge in [-0.05, 0) is 30.5 Å². The molecule has 26 heavy (non-hydrogen) atoms. The van der Waals surface area contributed by atoms with Crippen molar-refractivity contribution in [3.63, 3.8) is 0 Å². The van der Waals surface area contributed by atoms with Crippen LogP contribution in [0.3, 0.4) is 0 Å². The van der Waals surface area contributed by atoms with E-state index >= 15 is 0 Å². The van der Waals surface area contributed by atoms with Crippen molar-refractivity contribution in [3.8, 4) is 0 Å². The van der Waals surface area contributed by atoms with E-state index in [1.807, 2.05) is 19.2 Å². The highest BCUT2D eigenvalue weighted by Crippen LogP contribution is 2.16. The predicted molar refractivity (Wildman–Crippen MR) is 104 cm³/mol. The van der Waals surface area contributed by atoms with Crippen LogP contribution < -0.4 is 10.6 Å². The van der Waals surface area contributed by atoms with E-state index in [1.165, 1.54) is 5.56 Å². The molecule has 0 amide bonds. The van der Waals surface area contributed by atoms with Crippen LogP contribution in [0.1, 0.15) is 24.2 Å². The van der Waals surface area contributed by atoms with Crippen LogP contribution in [0.2, 0.25) is 5.02 Å². The number of aryl methyl sites for hydroxylation is 1. The molecule has 1 fully saturated rings. The average Bonchev–Trinajstić information content (AvgIpc) is 3.07. The SMILES string of the molecule is CN=C(NCc1ncnn1C)NC1CCN(Cc2ccc(Cl)cc2)CC1. The summed E-state index contributed by atoms with van der Waals surface area (Å²) in [5, 5.41) is 11.7. The van der Waals surface area contributed by atoms with Gasteiger partial charge in [-0.2, -0.15) is 5.10 Å². The van der Waals surface area contributed by atoms with Crippen LogP contribution in [0.15, 0.2) is 35.6 Å². The number of halogens is 1. The highest BCUT2D eigenvalue weighted by atomic mass is 35.5. The Balaban J connectivity index is 1.42. The highest BCUT2D eigenvalue weighted by molar-refractivity contribution is 6.30. The summed E-state index contributed by atoms with van der Waals surface area (Å²) in [6.45, 7) is 3.72. The third kappa shape index (κ3) is 5.19. The summed E-state index contributed by atoms with van der Waals surface area (Å²) >= 11 is 5.95. The molecule has 0 saturated carbocycles. The Kier molecular flexibility index (Phi) is 6.46. The van der Waals surface area contributed by atoms with Gasteiger partial charge in [0.1, 0.15) is 12.2 Å². The lowest BCUT2D eigenvalue weighted by atomic mass is 10.0. The fourth-order valence-electron chi connectivity index (χ4n) is 3.11. The molecule has 0 unspecified atom stereocenters. The standard InChI is InChI=1S/C18H26ClN7/c1-20-18(21-11-17-22-13-23-25(17)2)24-16-7-9-26(10-8-16)12-14-3-5-15(19)6-4-14/h3-6,13,16H,7-12H2,1-2H3,(H2,20,21,24). The Morgan fingerprint density at radius 1 is 1.27 bits per heavy atom. The quantitative estimate of drug-likeness (QED) is 0.616. The molecular weight excluding hydrogens is 350 g/mol. The number of nitrogens with one attached hydrogen (secondary N) is 2. The topological polar surface area (TPSA) is 70.4 Å². The summed E-state index contributed by atoms with van der Waals surface area (Å²) in [4.78, 5) is 11.0. The van der Waals surface area contributed by atoms with E-state index in [2.05, 4.69) is 42.7 Å². The number of aromatic nitrogens is 3. The van der Waals surface area contributed by atoms with Crippen molar-refractivity contribution in [1.82, 2.24) is 30.3 Å². The number of rotatable bonds is 5. The number of hydrogen-bond donors (Lipinski definition) is 2. The molecule has 2 heterocycles. The molecule has 0 aliphatic carbocycles. The van der Waals surface area contributed by atoms with Crippen molar-refractivity contribution in [2.45, 2.75) is 32.0 Å². The average molecular weight is 376 g/mol. The van der Waals surface area contributed by atoms with E-state index in [-0.39, 0.29) is 0 Å². The van der Waals surface area contributed by atoms with Crippen molar-refractivity contribution in [2.24, 2.45) is 12.0 Å². The summed E-state index contributed by atoms with van der Waals surface area (Å²) in [7, 11) is 3.68. The molecule has 3 rings (SSSR count). The molecule has 1 aliphatic heterocycles. The van der Waals surface area contributed by atoms with Crippen LogP contribution in [-0.4, -0.2) is 51.8 Å². The smallest absolute Gasteiger partial charge is 0.191 e. The minimum absolute atomic E-state index is 0.433. The van der Waals surface area contributed by atoms with Gasteiger partial charge in [0.05, 0.1) is 6.54 Å². The van der Waals surface area contributed by atoms with E-state index in [1.54, 1.807) is 18.1 Å². The normalized spacial score (nSPS) is 16.7. The van der Waals surface area contributed by atoms with E-state index in [4.69, 9.17) is 11.6 Å². The molecule has 1 saturated heterocycles. The highest BCUT2D eigenvalue weighted by Gasteiger charge is 2.20. The van der Waals surface area contributed by atoms with Gasteiger partial charge in [-0.15, -0.1) is 0 Å². The number of hydrogen-bond acceptors (Lipinski definition) is 4. The second-order valence-corrected chi connectivity index (χ2v) is 6.98. The first-order valence-electron chi connectivity index (χ1n) is 8.91. The van der Waals surface area contributed by atoms with Crippen LogP contribution in [0, 0.1) is 0 Å². The Morgan fingerprint density at radius 2 is 2.00 bits per heavy atom. The van der Waals surface area contributed by atoms with Gasteiger partial charge >= 0.3 is 0 Å². The van der Waals surface area contributed by atoms with Crippen molar-refractivity contribution in [3.05, 3.63) is 47.0 Å². The van der Waals surface area contributed by atoms with Crippen molar-refractivity contribution in [2.75, 3.05) is 20.1 Å². The van der Waals surface area contributed by atoms with Gasteiger partial charge in [0.2, 0.25) is 0 Å². The number of piperidine rings is 1. The Bertz CT molecular complexity index is 717. The number of guanidine groups is 1. The Morgan fingerprint density at radius 3 is 2.62 bits per heavy atom. The third-order valence-electron chi connectivity index (χ3n) is 4.69. The molecular formula is C18H26ClN7. The van der Waals surface area contributed by atoms with Crippen molar-refractivity contribution in [1.29, 1.82) is 0 Å². The van der Waals surface area contributed by atoms with E-state index in [9.17, 15) is 0 Å². The molecule has 2 N–H and O–H groups in total. The van der Waals surface area contributed by atoms with Crippen LogP contribution in [-0.2, 0) is 20.1 Å². The van der Waals surface area contributed by atoms with Gasteiger partial charge in [0, 0.05) is 44.8 Å². The third-order valence-corrected chi connectivity index (χ3v) is 4.94. The molecule has 0 atom stereocenters. The van der Waals surface area contributed by atoms with Crippen LogP contribution >= 0.6 is 11.6 Å². The summed E-state index contributed by atoms with van der Waals surface area (Å²) in [6, 6.07) is 8.55. The number of likely N-dealkylation sites (tertiary alicyclic amines) is 1. The first-order chi connectivity index (χ1) is 12.6. The maximum atomic E-state index is 5.95. The van der Waals surface area contributed by atoms with Crippen molar-refractivity contribution >= 4 is 17.6 Å². The molecule has 1 aromatic carbocycles. The van der Waals surface area contributed by atoms with Crippen LogP contribution in [0.5, 0.6) is 0 Å². The van der Waals surface area contributed by atoms with Gasteiger partial charge in [-0.25, -0.2) is 4.98 Å². The lowest BCUT2D eigenvalue weighted by Gasteiger charge is -2.33. The van der Waals surface area contributed by atoms with Crippen LogP contribution in [0.4, 0.5) is 0 Å². The van der Waals surface area contributed by atoms with Crippen LogP contribution in [0.25, 0.3) is 0 Å². The maximum absolute atomic E-state index is 5.95. The minimum Gasteiger partial charge on any atom is -0.354 e. The first kappa shape index (κ1) is 18.7. The fourth-order valence-corrected chi connectivity index (χ4v) is 3.24. The number of aliphatic imine (C=N–C) groups is 1. The summed E-state index contributed by atoms with van der Waals surface area (Å²) < 4.78 is 1.76. The second kappa shape index (κ2) is 9.00. The maximum Gasteiger partial charge on any atom is 0.191 e. The minimum atomic E-state index is 0.433. The molecule has 0 spiro atoms. The molecule has 0 radical (unpaired) electrons. The molecule has 8 heteroatoms. The second-order valence-electron chi connectivity index (χ2n) is 6.55. The van der Waals surface area contributed by atoms with Gasteiger partial charge < -0.3 is 10.6 Å². The molecule has 140 valence electrons. The molecule has 2 aromatic rings. The molecule has 1 aliphatic rings. The Hall–Kier alpha value is -2.12. The molecule has 1 aromatic heterocycles. The van der Waals surface area contributed by atoms with Gasteiger partial charge in [-0.3, -0.25) is 14.6 Å². The number of nitrogens with zero attached hydrogens (tertiary/aromatic N) is 5. The van der Waals surface area contributed by atoms with Crippen molar-refractivity contribution < 1.29 is 0 Å². The monoisotopic (exact) mass is 375 g/mol. The molecule has 7 nitrogen and oxygen atoms in total. The van der Waals surface area contributed by atoms with Gasteiger partial charge in [-0.1, -0.05) is 23.7 Å². The Labute approximate surface area is 159 Å². The molecule has 0 bridgehead atoms. The number of benzene rings is 1. The largest absolute Gasteiger partial charge is 0.354 e. The lowest BCUT2D eigenvalue weighted by molar-refractivity contribution is 0.198. The van der Waals surface area contributed by atoms with Gasteiger partial charge in [0.15, 0.2) is 5.96 Å². The summed E-state index contributed by atoms with van der Waals surface area (Å²) in [5.74, 6) is 1.69. The zero-order chi connectivity index (χ0) is 18.4. The zero-order valence-electron chi connectivity index (χ0n) is 15.3. The van der Waals surface area contributed by atoms with E-state index < -0.39 is 0 Å². The zero-order valence-corrected chi connectivity index (χ0v) is 16.1. The first-order valence-corrected chi connectivity index (χ1v) is 9.28. The summed E-state index contributed by atoms with van der Waals surface area (Å²) in [6.07, 6.45) is 3.75. The van der Waals surface area contributed by atoms with Gasteiger partial charge in [0.25, 0.3) is 0 Å². The lowest BCUT2D eigenvalue weighted by Crippen LogP contribution is -2.48. The fraction of sp³-hybridized carbons (Fsp3) is 0.500.